The summed E-state index contributed by atoms with van der Waals surface area (Å²) in [6.45, 7) is 3.99. The molecular formula is C36H41N5O5. The average molecular weight is 624 g/mol. The Morgan fingerprint density at radius 2 is 1.70 bits per heavy atom. The van der Waals surface area contributed by atoms with Gasteiger partial charge in [0.05, 0.1) is 13.3 Å². The largest absolute Gasteiger partial charge is 0.395 e. The lowest BCUT2D eigenvalue weighted by Gasteiger charge is -2.39. The van der Waals surface area contributed by atoms with Crippen molar-refractivity contribution >= 4 is 34.8 Å². The molecule has 2 fully saturated rings. The summed E-state index contributed by atoms with van der Waals surface area (Å²) >= 11 is 0. The van der Waals surface area contributed by atoms with Crippen molar-refractivity contribution in [3.63, 3.8) is 0 Å². The number of fused-ring (bicyclic) bond motifs is 1. The van der Waals surface area contributed by atoms with Crippen LogP contribution in [0, 0.1) is 5.92 Å². The van der Waals surface area contributed by atoms with Crippen LogP contribution in [0.1, 0.15) is 37.3 Å². The molecule has 3 aromatic carbocycles. The van der Waals surface area contributed by atoms with Crippen LogP contribution in [0.5, 0.6) is 0 Å². The molecule has 3 aliphatic heterocycles. The predicted molar refractivity (Wildman–Crippen MR) is 177 cm³/mol. The molecule has 0 radical (unpaired) electrons. The van der Waals surface area contributed by atoms with Gasteiger partial charge in [-0.25, -0.2) is 0 Å². The van der Waals surface area contributed by atoms with Crippen LogP contribution < -0.4 is 20.4 Å². The number of anilines is 3. The summed E-state index contributed by atoms with van der Waals surface area (Å²) < 4.78 is 0. The quantitative estimate of drug-likeness (QED) is 0.255. The van der Waals surface area contributed by atoms with Crippen molar-refractivity contribution < 1.29 is 24.6 Å². The van der Waals surface area contributed by atoms with Crippen LogP contribution >= 0.6 is 0 Å². The Morgan fingerprint density at radius 3 is 2.39 bits per heavy atom. The molecule has 0 aliphatic carbocycles. The topological polar surface area (TPSA) is 125 Å². The Bertz CT molecular complexity index is 1610. The number of aliphatic hydroxyl groups is 2. The maximum atomic E-state index is 14.2. The molecule has 2 saturated heterocycles. The summed E-state index contributed by atoms with van der Waals surface area (Å²) in [5.74, 6) is -1.40. The number of nitrogens with zero attached hydrogens (tertiary/aromatic N) is 3. The number of para-hydroxylation sites is 1. The molecule has 3 aromatic rings. The van der Waals surface area contributed by atoms with Gasteiger partial charge < -0.3 is 30.6 Å². The molecule has 46 heavy (non-hydrogen) atoms. The van der Waals surface area contributed by atoms with Crippen molar-refractivity contribution in [1.29, 1.82) is 0 Å². The van der Waals surface area contributed by atoms with Crippen LogP contribution in [0.4, 0.5) is 17.1 Å². The van der Waals surface area contributed by atoms with Gasteiger partial charge in [-0.3, -0.25) is 19.3 Å². The number of hydrogen-bond acceptors (Lipinski definition) is 7. The smallest absolute Gasteiger partial charge is 0.261 e. The van der Waals surface area contributed by atoms with Crippen molar-refractivity contribution in [3.8, 4) is 0 Å². The Balaban J connectivity index is 1.22. The van der Waals surface area contributed by atoms with E-state index in [-0.39, 0.29) is 31.4 Å². The first-order valence-electron chi connectivity index (χ1n) is 15.9. The van der Waals surface area contributed by atoms with Gasteiger partial charge in [0, 0.05) is 48.1 Å². The molecule has 4 N–H and O–H groups in total. The first-order valence-corrected chi connectivity index (χ1v) is 15.9. The van der Waals surface area contributed by atoms with Crippen LogP contribution in [0.2, 0.25) is 0 Å². The Kier molecular flexibility index (Phi) is 8.95. The number of carbonyl (C=O) groups excluding carboxylic acids is 3. The molecule has 3 aliphatic rings. The second-order valence-electron chi connectivity index (χ2n) is 12.3. The Hall–Kier alpha value is -4.51. The van der Waals surface area contributed by atoms with E-state index >= 15 is 0 Å². The highest BCUT2D eigenvalue weighted by atomic mass is 16.3. The number of carbonyl (C=O) groups is 3. The van der Waals surface area contributed by atoms with E-state index in [1.165, 1.54) is 0 Å². The van der Waals surface area contributed by atoms with Crippen LogP contribution in [-0.4, -0.2) is 71.3 Å². The Morgan fingerprint density at radius 1 is 1.00 bits per heavy atom. The van der Waals surface area contributed by atoms with E-state index in [2.05, 4.69) is 15.5 Å². The summed E-state index contributed by atoms with van der Waals surface area (Å²) in [5, 5.41) is 27.6. The Labute approximate surface area is 269 Å². The summed E-state index contributed by atoms with van der Waals surface area (Å²) in [6.07, 6.45) is 4.75. The van der Waals surface area contributed by atoms with E-state index in [1.807, 2.05) is 66.7 Å². The first kappa shape index (κ1) is 31.5. The van der Waals surface area contributed by atoms with E-state index in [9.17, 15) is 24.6 Å². The van der Waals surface area contributed by atoms with Gasteiger partial charge in [-0.2, -0.15) is 0 Å². The first-order chi connectivity index (χ1) is 22.3. The molecule has 0 unspecified atom stereocenters. The number of nitrogens with one attached hydrogen (secondary N) is 2. The lowest BCUT2D eigenvalue weighted by molar-refractivity contribution is -0.137. The van der Waals surface area contributed by atoms with Crippen molar-refractivity contribution in [2.75, 3.05) is 48.0 Å². The van der Waals surface area contributed by atoms with E-state index in [1.54, 1.807) is 41.0 Å². The van der Waals surface area contributed by atoms with Crippen LogP contribution in [-0.2, 0) is 26.5 Å². The minimum Gasteiger partial charge on any atom is -0.395 e. The molecule has 6 rings (SSSR count). The maximum Gasteiger partial charge on any atom is 0.261 e. The van der Waals surface area contributed by atoms with Gasteiger partial charge in [0.15, 0.2) is 5.60 Å². The summed E-state index contributed by atoms with van der Waals surface area (Å²) in [4.78, 5) is 46.0. The van der Waals surface area contributed by atoms with Crippen molar-refractivity contribution in [2.45, 2.75) is 43.9 Å². The molecule has 0 aromatic heterocycles. The number of aliphatic hydroxyl groups excluding tert-OH is 1. The van der Waals surface area contributed by atoms with E-state index < -0.39 is 23.0 Å². The zero-order valence-corrected chi connectivity index (χ0v) is 26.1. The van der Waals surface area contributed by atoms with E-state index in [0.717, 1.165) is 24.3 Å². The summed E-state index contributed by atoms with van der Waals surface area (Å²) in [6, 6.07) is 24.8. The minimum atomic E-state index is -1.89. The molecule has 0 bridgehead atoms. The van der Waals surface area contributed by atoms with Crippen molar-refractivity contribution in [3.05, 3.63) is 102 Å². The third-order valence-corrected chi connectivity index (χ3v) is 9.58. The predicted octanol–water partition coefficient (Wildman–Crippen LogP) is 3.36. The fourth-order valence-electron chi connectivity index (χ4n) is 6.94. The van der Waals surface area contributed by atoms with E-state index in [0.29, 0.717) is 43.0 Å². The van der Waals surface area contributed by atoms with Gasteiger partial charge in [0.2, 0.25) is 5.91 Å². The monoisotopic (exact) mass is 623 g/mol. The number of hydrogen-bond donors (Lipinski definition) is 4. The SMILES string of the molecule is C[C@H](/C=C/CC(=O)N(CCO)Cc1ccccc1)[C@@]1(O)C(=O)Nc2ccc(N3CN(c4ccccc4)C4(CCNCC4)C3=O)cc21. The highest BCUT2D eigenvalue weighted by molar-refractivity contribution is 6.08. The highest BCUT2D eigenvalue weighted by Gasteiger charge is 2.54. The zero-order chi connectivity index (χ0) is 32.3. The fraction of sp³-hybridized carbons (Fsp3) is 0.361. The number of rotatable bonds is 10. The lowest BCUT2D eigenvalue weighted by Crippen LogP contribution is -2.55. The molecule has 3 amide bonds. The summed E-state index contributed by atoms with van der Waals surface area (Å²) in [7, 11) is 0. The van der Waals surface area contributed by atoms with Gasteiger partial charge in [-0.15, -0.1) is 0 Å². The third kappa shape index (κ3) is 5.68. The maximum absolute atomic E-state index is 14.2. The molecule has 240 valence electrons. The lowest BCUT2D eigenvalue weighted by atomic mass is 9.82. The normalized spacial score (nSPS) is 21.1. The molecule has 3 heterocycles. The van der Waals surface area contributed by atoms with Gasteiger partial charge in [0.25, 0.3) is 11.8 Å². The third-order valence-electron chi connectivity index (χ3n) is 9.58. The highest BCUT2D eigenvalue weighted by Crippen LogP contribution is 2.45. The van der Waals surface area contributed by atoms with Crippen molar-refractivity contribution in [1.82, 2.24) is 10.2 Å². The second-order valence-corrected chi connectivity index (χ2v) is 12.3. The standard InChI is InChI=1S/C36H41N5O5/c1-26(9-8-14-32(43)39(21-22-42)24-27-10-4-2-5-11-27)36(46)30-23-29(15-16-31(30)38-33(36)44)40-25-41(28-12-6-3-7-13-28)35(34(40)45)17-19-37-20-18-35/h2-13,15-16,23,26,37,42,46H,14,17-22,24-25H2,1H3,(H,38,44)/b9-8+/t26-,36+/m1/s1. The van der Waals surface area contributed by atoms with E-state index in [4.69, 9.17) is 0 Å². The molecular weight excluding hydrogens is 582 g/mol. The van der Waals surface area contributed by atoms with Crippen LogP contribution in [0.15, 0.2) is 91.0 Å². The van der Waals surface area contributed by atoms with Gasteiger partial charge in [0.1, 0.15) is 5.54 Å². The molecule has 0 saturated carbocycles. The second kappa shape index (κ2) is 13.1. The minimum absolute atomic E-state index is 0.00742. The molecule has 2 atom stereocenters. The number of piperidine rings is 1. The van der Waals surface area contributed by atoms with Crippen LogP contribution in [0.25, 0.3) is 0 Å². The van der Waals surface area contributed by atoms with Gasteiger partial charge in [-0.1, -0.05) is 67.6 Å². The zero-order valence-electron chi connectivity index (χ0n) is 26.1. The number of benzene rings is 3. The van der Waals surface area contributed by atoms with Crippen molar-refractivity contribution in [2.24, 2.45) is 5.92 Å². The average Bonchev–Trinajstić information content (AvgIpc) is 3.50. The van der Waals surface area contributed by atoms with Gasteiger partial charge >= 0.3 is 0 Å². The number of amides is 3. The van der Waals surface area contributed by atoms with Crippen LogP contribution in [0.3, 0.4) is 0 Å². The molecule has 10 heteroatoms. The molecule has 1 spiro atoms. The molecule has 10 nitrogen and oxygen atoms in total. The van der Waals surface area contributed by atoms with Gasteiger partial charge in [-0.05, 0) is 61.8 Å². The fourth-order valence-corrected chi connectivity index (χ4v) is 6.94. The summed E-state index contributed by atoms with van der Waals surface area (Å²) in [5.41, 5.74) is 0.867.